The monoisotopic (exact) mass is 1200 g/mol. The first kappa shape index (κ1) is 65.1. The van der Waals surface area contributed by atoms with Crippen molar-refractivity contribution in [2.75, 3.05) is 11.5 Å². The summed E-state index contributed by atoms with van der Waals surface area (Å²) in [5.74, 6) is 7.22. The number of hydrogen-bond acceptors (Lipinski definition) is 9. The Morgan fingerprint density at radius 2 is 0.951 bits per heavy atom. The van der Waals surface area contributed by atoms with Gasteiger partial charge in [0.15, 0.2) is 0 Å². The second kappa shape index (κ2) is 27.4. The van der Waals surface area contributed by atoms with Gasteiger partial charge in [-0.05, 0) is 190 Å². The van der Waals surface area contributed by atoms with Crippen molar-refractivity contribution >= 4 is 46.1 Å². The zero-order chi connectivity index (χ0) is 59.3. The van der Waals surface area contributed by atoms with Crippen LogP contribution in [0.15, 0.2) is 36.4 Å². The predicted molar refractivity (Wildman–Crippen MR) is 345 cm³/mol. The molecule has 458 valence electrons. The number of phenolic OH excluding ortho intramolecular Hbond substituents is 1. The van der Waals surface area contributed by atoms with Gasteiger partial charge in [-0.1, -0.05) is 139 Å². The highest BCUT2D eigenvalue weighted by atomic mass is 32.2. The van der Waals surface area contributed by atoms with E-state index >= 15 is 0 Å². The van der Waals surface area contributed by atoms with Gasteiger partial charge in [-0.2, -0.15) is 8.78 Å². The highest BCUT2D eigenvalue weighted by Crippen LogP contribution is 2.63. The first-order valence-electron chi connectivity index (χ1n) is 32.7. The van der Waals surface area contributed by atoms with Gasteiger partial charge in [0.1, 0.15) is 34.5 Å². The lowest BCUT2D eigenvalue weighted by atomic mass is 9.72. The molecule has 7 aliphatic rings. The van der Waals surface area contributed by atoms with Crippen LogP contribution in [0.2, 0.25) is 36.3 Å². The molecule has 3 aromatic rings. The van der Waals surface area contributed by atoms with Gasteiger partial charge < -0.3 is 28.2 Å². The number of rotatable bonds is 16. The Labute approximate surface area is 505 Å². The van der Waals surface area contributed by atoms with Crippen LogP contribution in [-0.4, -0.2) is 49.6 Å². The smallest absolute Gasteiger partial charge is 0.401 e. The largest absolute Gasteiger partial charge is 0.543 e. The minimum absolute atomic E-state index is 0.00829. The van der Waals surface area contributed by atoms with Gasteiger partial charge in [0.25, 0.3) is 0 Å². The van der Waals surface area contributed by atoms with Crippen LogP contribution in [0.1, 0.15) is 255 Å². The molecule has 3 unspecified atom stereocenters. The molecule has 4 fully saturated rings. The van der Waals surface area contributed by atoms with Crippen molar-refractivity contribution < 1.29 is 41.7 Å². The van der Waals surface area contributed by atoms with Crippen molar-refractivity contribution in [3.05, 3.63) is 69.8 Å². The molecule has 10 rings (SSSR count). The molecule has 1 N–H and O–H groups in total. The number of halogens is 2. The maximum Gasteiger partial charge on any atom is 0.401 e. The van der Waals surface area contributed by atoms with Crippen LogP contribution in [0.3, 0.4) is 0 Å². The normalized spacial score (nSPS) is 24.4. The maximum absolute atomic E-state index is 14.3. The third-order valence-electron chi connectivity index (χ3n) is 20.3. The molecule has 0 amide bonds. The van der Waals surface area contributed by atoms with Crippen LogP contribution in [-0.2, 0) is 24.1 Å². The third-order valence-corrected chi connectivity index (χ3v) is 32.2. The first-order chi connectivity index (χ1) is 38.8. The Bertz CT molecular complexity index is 2620. The number of unbranched alkanes of at least 4 members (excludes halogenated alkanes) is 6. The number of ether oxygens (including phenoxy) is 3. The molecule has 4 aliphatic heterocycles. The number of aromatic hydroxyl groups is 1. The van der Waals surface area contributed by atoms with Gasteiger partial charge in [0, 0.05) is 34.4 Å². The second-order valence-electron chi connectivity index (χ2n) is 28.5. The molecule has 3 aliphatic carbocycles. The lowest BCUT2D eigenvalue weighted by Gasteiger charge is -2.51. The van der Waals surface area contributed by atoms with Crippen LogP contribution >= 0.6 is 23.5 Å². The summed E-state index contributed by atoms with van der Waals surface area (Å²) in [6.07, 6.45) is 24.2. The average Bonchev–Trinajstić information content (AvgIpc) is 2.90. The molecule has 82 heavy (non-hydrogen) atoms. The van der Waals surface area contributed by atoms with E-state index in [-0.39, 0.29) is 49.6 Å². The van der Waals surface area contributed by atoms with Crippen LogP contribution in [0.4, 0.5) is 8.78 Å². The number of fused-ring (bicyclic) bond motifs is 10. The number of benzene rings is 3. The number of thioether (sulfide) groups is 2. The van der Waals surface area contributed by atoms with E-state index in [0.29, 0.717) is 30.2 Å². The number of alkyl halides is 2. The first-order valence-corrected chi connectivity index (χ1v) is 40.4. The fourth-order valence-corrected chi connectivity index (χ4v) is 19.0. The molecule has 0 radical (unpaired) electrons. The topological polar surface area (TPSA) is 83.5 Å². The van der Waals surface area contributed by atoms with Crippen molar-refractivity contribution in [2.45, 2.75) is 287 Å². The molecule has 3 aromatic carbocycles. The predicted octanol–water partition coefficient (Wildman–Crippen LogP) is 21.4. The van der Waals surface area contributed by atoms with E-state index < -0.39 is 28.7 Å². The van der Waals surface area contributed by atoms with Crippen LogP contribution in [0.25, 0.3) is 0 Å². The molecule has 6 atom stereocenters. The Balaban J connectivity index is 0.000000164. The summed E-state index contributed by atoms with van der Waals surface area (Å²) < 4.78 is 60.4. The molecule has 3 saturated carbocycles. The second-order valence-corrected chi connectivity index (χ2v) is 40.8. The number of phenols is 1. The maximum atomic E-state index is 14.3. The summed E-state index contributed by atoms with van der Waals surface area (Å²) in [7, 11) is -3.92. The van der Waals surface area contributed by atoms with Gasteiger partial charge in [-0.3, -0.25) is 4.79 Å². The molecule has 0 bridgehead atoms. The number of carbonyl (C=O) groups is 1. The third kappa shape index (κ3) is 14.9. The fourth-order valence-electron chi connectivity index (χ4n) is 13.5. The van der Waals surface area contributed by atoms with Crippen molar-refractivity contribution in [1.82, 2.24) is 0 Å². The van der Waals surface area contributed by atoms with E-state index in [1.807, 2.05) is 0 Å². The summed E-state index contributed by atoms with van der Waals surface area (Å²) in [4.78, 5) is 12.7. The van der Waals surface area contributed by atoms with E-state index in [0.717, 1.165) is 106 Å². The van der Waals surface area contributed by atoms with Crippen LogP contribution < -0.4 is 23.1 Å². The zero-order valence-electron chi connectivity index (χ0n) is 53.0. The van der Waals surface area contributed by atoms with Crippen LogP contribution in [0, 0.1) is 17.8 Å². The fraction of sp³-hybridized carbons (Fsp3) is 0.725. The molecule has 13 heteroatoms. The molecule has 0 aromatic heterocycles. The van der Waals surface area contributed by atoms with Crippen molar-refractivity contribution in [3.63, 3.8) is 0 Å². The molecule has 4 heterocycles. The summed E-state index contributed by atoms with van der Waals surface area (Å²) in [6.45, 7) is 29.9. The van der Waals surface area contributed by atoms with E-state index in [4.69, 9.17) is 23.1 Å². The lowest BCUT2D eigenvalue weighted by Crippen LogP contribution is -2.48. The number of carbonyl (C=O) groups excluding carboxylic acids is 1. The lowest BCUT2D eigenvalue weighted by molar-refractivity contribution is -0.236. The minimum atomic E-state index is -3.12. The van der Waals surface area contributed by atoms with Crippen molar-refractivity contribution in [1.29, 1.82) is 0 Å². The minimum Gasteiger partial charge on any atom is -0.543 e. The van der Waals surface area contributed by atoms with Gasteiger partial charge >= 0.3 is 12.1 Å². The van der Waals surface area contributed by atoms with E-state index in [1.165, 1.54) is 104 Å². The van der Waals surface area contributed by atoms with E-state index in [1.54, 1.807) is 12.1 Å². The standard InChI is InChI=1S/C27H44O2S2Si.C24H38O3Si.C18H24F2O2/c1-7-8-9-13-20-18-23-25(24(19-20)29-32(5,6)26(2,3)4)21-14-10-11-15-22(21)27(28-23)30-16-12-17-31-27;1-7-8-9-12-17-15-20-22(18-13-10-11-14-19(18)23(25)26-20)21(16-17)27-28(5,6)24(2,3)4;1-2-3-4-7-12-10-15(21)17-13-8-5-6-9-14(13)18(19,20)22-16(17)11-12/h18-19,21-22H,7-17H2,1-6H3;15-16,18-19H,7-14H2,1-6H3;10-11,13-14,21H,2-9H2,1H3/t21?,22-;18?,19-;13?,14-/m111/s1. The summed E-state index contributed by atoms with van der Waals surface area (Å²) in [6, 6.07) is 12.6. The van der Waals surface area contributed by atoms with Crippen molar-refractivity contribution in [2.24, 2.45) is 17.8 Å². The molecule has 1 spiro atoms. The highest BCUT2D eigenvalue weighted by molar-refractivity contribution is 8.18. The highest BCUT2D eigenvalue weighted by Gasteiger charge is 2.55. The zero-order valence-corrected chi connectivity index (χ0v) is 56.6. The van der Waals surface area contributed by atoms with Gasteiger partial charge in [0.2, 0.25) is 20.9 Å². The average molecular weight is 1210 g/mol. The molecular weight excluding hydrogens is 1100 g/mol. The SMILES string of the molecule is CCCCCc1cc(O)c2c(c1)OC(F)(F)[C@@H]1CCCCC21.CCCCCc1cc2c(c(O[Si](C)(C)C(C)(C)C)c1)C1CCCC[C@H]1C(=O)O2.CCCCCc1cc2c(c(O[Si](C)(C)C(C)(C)C)c1)C1CCCC[C@H]1C1(O2)SCCCS1. The Morgan fingerprint density at radius 3 is 1.45 bits per heavy atom. The van der Waals surface area contributed by atoms with E-state index in [2.05, 4.69) is 136 Å². The Kier molecular flexibility index (Phi) is 21.8. The Morgan fingerprint density at radius 1 is 0.537 bits per heavy atom. The van der Waals surface area contributed by atoms with Crippen LogP contribution in [0.5, 0.6) is 34.5 Å². The quantitative estimate of drug-likeness (QED) is 0.0652. The molecule has 7 nitrogen and oxygen atoms in total. The number of esters is 1. The summed E-state index contributed by atoms with van der Waals surface area (Å²) in [5, 5.41) is 10.7. The molecular formula is C69H106F2O7S2Si2. The molecule has 1 saturated heterocycles. The van der Waals surface area contributed by atoms with E-state index in [9.17, 15) is 18.7 Å². The van der Waals surface area contributed by atoms with Gasteiger partial charge in [-0.25, -0.2) is 0 Å². The van der Waals surface area contributed by atoms with Gasteiger partial charge in [-0.15, -0.1) is 23.5 Å². The number of hydrogen-bond donors (Lipinski definition) is 1. The Hall–Kier alpha value is -2.88. The summed E-state index contributed by atoms with van der Waals surface area (Å²) in [5.41, 5.74) is 6.72. The van der Waals surface area contributed by atoms with Crippen molar-refractivity contribution in [3.8, 4) is 34.5 Å². The van der Waals surface area contributed by atoms with Gasteiger partial charge in [0.05, 0.1) is 11.8 Å². The summed E-state index contributed by atoms with van der Waals surface area (Å²) >= 11 is 4.19. The number of aryl methyl sites for hydroxylation is 3.